The van der Waals surface area contributed by atoms with Crippen LogP contribution in [0.3, 0.4) is 0 Å². The molecule has 1 amide bonds. The van der Waals surface area contributed by atoms with E-state index in [0.717, 1.165) is 30.3 Å². The fraction of sp³-hybridized carbons (Fsp3) is 0.364. The van der Waals surface area contributed by atoms with Crippen molar-refractivity contribution >= 4 is 11.9 Å². The molecule has 0 atom stereocenters. The van der Waals surface area contributed by atoms with Gasteiger partial charge in [0.2, 0.25) is 0 Å². The van der Waals surface area contributed by atoms with Gasteiger partial charge in [0.25, 0.3) is 5.91 Å². The Morgan fingerprint density at radius 2 is 1.47 bits per heavy atom. The van der Waals surface area contributed by atoms with E-state index in [0.29, 0.717) is 0 Å². The molecule has 0 saturated carbocycles. The highest BCUT2D eigenvalue weighted by atomic mass is 19.4. The van der Waals surface area contributed by atoms with E-state index in [-0.39, 0.29) is 37.1 Å². The predicted molar refractivity (Wildman–Crippen MR) is 101 cm³/mol. The number of halogens is 6. The first-order chi connectivity index (χ1) is 15.0. The molecule has 4 nitrogen and oxygen atoms in total. The number of rotatable bonds is 4. The van der Waals surface area contributed by atoms with Crippen LogP contribution in [0.1, 0.15) is 39.9 Å². The molecule has 2 aromatic rings. The molecule has 1 aliphatic heterocycles. The quantitative estimate of drug-likeness (QED) is 0.459. The summed E-state index contributed by atoms with van der Waals surface area (Å²) in [4.78, 5) is 26.2. The highest BCUT2D eigenvalue weighted by Crippen LogP contribution is 2.32. The molecule has 172 valence electrons. The zero-order chi connectivity index (χ0) is 23.5. The second-order valence-electron chi connectivity index (χ2n) is 7.40. The van der Waals surface area contributed by atoms with Gasteiger partial charge in [0.15, 0.2) is 0 Å². The molecule has 3 rings (SSSR count). The molecule has 0 radical (unpaired) electrons. The smallest absolute Gasteiger partial charge is 0.416 e. The largest absolute Gasteiger partial charge is 0.461 e. The average Bonchev–Trinajstić information content (AvgIpc) is 2.76. The molecule has 2 aromatic carbocycles. The van der Waals surface area contributed by atoms with Gasteiger partial charge in [-0.15, -0.1) is 0 Å². The van der Waals surface area contributed by atoms with Gasteiger partial charge in [-0.2, -0.15) is 26.3 Å². The zero-order valence-electron chi connectivity index (χ0n) is 16.7. The van der Waals surface area contributed by atoms with Crippen LogP contribution in [0.2, 0.25) is 0 Å². The SMILES string of the molecule is O=C(OCc1ccccc1C(F)(F)F)C1CCN(C(=O)c2ccc(C(F)(F)F)cc2)CC1. The molecule has 1 saturated heterocycles. The number of nitrogens with zero attached hydrogens (tertiary/aromatic N) is 1. The molecule has 0 unspecified atom stereocenters. The number of likely N-dealkylation sites (tertiary alicyclic amines) is 1. The van der Waals surface area contributed by atoms with Crippen LogP contribution in [0.15, 0.2) is 48.5 Å². The number of ether oxygens (including phenoxy) is 1. The molecule has 32 heavy (non-hydrogen) atoms. The van der Waals surface area contributed by atoms with E-state index in [1.807, 2.05) is 0 Å². The first-order valence-corrected chi connectivity index (χ1v) is 9.75. The summed E-state index contributed by atoms with van der Waals surface area (Å²) in [5.41, 5.74) is -1.78. The van der Waals surface area contributed by atoms with Crippen molar-refractivity contribution in [2.45, 2.75) is 31.8 Å². The number of alkyl halides is 6. The Bertz CT molecular complexity index is 961. The van der Waals surface area contributed by atoms with Crippen LogP contribution < -0.4 is 0 Å². The van der Waals surface area contributed by atoms with Gasteiger partial charge in [0.1, 0.15) is 6.61 Å². The number of carbonyl (C=O) groups excluding carboxylic acids is 2. The monoisotopic (exact) mass is 459 g/mol. The summed E-state index contributed by atoms with van der Waals surface area (Å²) in [5.74, 6) is -1.68. The maximum atomic E-state index is 13.0. The van der Waals surface area contributed by atoms with Crippen LogP contribution in [0.5, 0.6) is 0 Å². The van der Waals surface area contributed by atoms with E-state index in [1.165, 1.54) is 23.1 Å². The van der Waals surface area contributed by atoms with E-state index < -0.39 is 47.9 Å². The van der Waals surface area contributed by atoms with Crippen LogP contribution in [-0.2, 0) is 28.5 Å². The normalized spacial score (nSPS) is 15.5. The van der Waals surface area contributed by atoms with E-state index in [9.17, 15) is 35.9 Å². The first-order valence-electron chi connectivity index (χ1n) is 9.75. The minimum Gasteiger partial charge on any atom is -0.461 e. The number of hydrogen-bond acceptors (Lipinski definition) is 3. The van der Waals surface area contributed by atoms with Gasteiger partial charge in [-0.3, -0.25) is 9.59 Å². The fourth-order valence-electron chi connectivity index (χ4n) is 3.49. The van der Waals surface area contributed by atoms with Gasteiger partial charge >= 0.3 is 18.3 Å². The summed E-state index contributed by atoms with van der Waals surface area (Å²) in [5, 5.41) is 0. The van der Waals surface area contributed by atoms with Crippen LogP contribution in [0, 0.1) is 5.92 Å². The highest BCUT2D eigenvalue weighted by molar-refractivity contribution is 5.94. The summed E-state index contributed by atoms with van der Waals surface area (Å²) in [7, 11) is 0. The van der Waals surface area contributed by atoms with Crippen molar-refractivity contribution < 1.29 is 40.7 Å². The van der Waals surface area contributed by atoms with E-state index in [2.05, 4.69) is 0 Å². The Kier molecular flexibility index (Phi) is 6.80. The maximum absolute atomic E-state index is 13.0. The summed E-state index contributed by atoms with van der Waals surface area (Å²) in [6.45, 7) is -0.156. The Balaban J connectivity index is 1.53. The van der Waals surface area contributed by atoms with Crippen LogP contribution in [0.4, 0.5) is 26.3 Å². The number of carbonyl (C=O) groups is 2. The van der Waals surface area contributed by atoms with Gasteiger partial charge in [0.05, 0.1) is 17.0 Å². The Morgan fingerprint density at radius 3 is 2.03 bits per heavy atom. The van der Waals surface area contributed by atoms with Crippen molar-refractivity contribution in [1.82, 2.24) is 4.90 Å². The van der Waals surface area contributed by atoms with Crippen molar-refractivity contribution in [2.75, 3.05) is 13.1 Å². The van der Waals surface area contributed by atoms with Crippen molar-refractivity contribution in [3.05, 3.63) is 70.8 Å². The minimum atomic E-state index is -4.56. The Hall–Kier alpha value is -3.04. The predicted octanol–water partition coefficient (Wildman–Crippen LogP) is 5.32. The second kappa shape index (κ2) is 9.22. The number of amides is 1. The second-order valence-corrected chi connectivity index (χ2v) is 7.40. The summed E-state index contributed by atoms with van der Waals surface area (Å²) < 4.78 is 82.1. The Morgan fingerprint density at radius 1 is 0.875 bits per heavy atom. The fourth-order valence-corrected chi connectivity index (χ4v) is 3.49. The third-order valence-electron chi connectivity index (χ3n) is 5.27. The molecule has 1 aliphatic rings. The van der Waals surface area contributed by atoms with Crippen LogP contribution in [-0.4, -0.2) is 29.9 Å². The van der Waals surface area contributed by atoms with Gasteiger partial charge in [-0.05, 0) is 43.2 Å². The molecule has 0 N–H and O–H groups in total. The van der Waals surface area contributed by atoms with Crippen LogP contribution in [0.25, 0.3) is 0 Å². The lowest BCUT2D eigenvalue weighted by molar-refractivity contribution is -0.153. The lowest BCUT2D eigenvalue weighted by Gasteiger charge is -2.31. The molecular formula is C22H19F6NO3. The van der Waals surface area contributed by atoms with Gasteiger partial charge < -0.3 is 9.64 Å². The van der Waals surface area contributed by atoms with E-state index in [4.69, 9.17) is 4.74 Å². The lowest BCUT2D eigenvalue weighted by atomic mass is 9.96. The van der Waals surface area contributed by atoms with Gasteiger partial charge in [0, 0.05) is 24.2 Å². The summed E-state index contributed by atoms with van der Waals surface area (Å²) in [6, 6.07) is 8.68. The van der Waals surface area contributed by atoms with Crippen LogP contribution >= 0.6 is 0 Å². The first kappa shape index (κ1) is 23.6. The molecule has 0 bridgehead atoms. The topological polar surface area (TPSA) is 46.6 Å². The van der Waals surface area contributed by atoms with Crippen molar-refractivity contribution in [3.8, 4) is 0 Å². The average molecular weight is 459 g/mol. The summed E-state index contributed by atoms with van der Waals surface area (Å²) >= 11 is 0. The molecule has 1 heterocycles. The van der Waals surface area contributed by atoms with Gasteiger partial charge in [-0.25, -0.2) is 0 Å². The zero-order valence-corrected chi connectivity index (χ0v) is 16.7. The lowest BCUT2D eigenvalue weighted by Crippen LogP contribution is -2.40. The number of esters is 1. The standard InChI is InChI=1S/C22H19F6NO3/c23-21(24,25)17-7-5-14(6-8-17)19(30)29-11-9-15(10-12-29)20(31)32-13-16-3-1-2-4-18(16)22(26,27)28/h1-8,15H,9-13H2. The van der Waals surface area contributed by atoms with E-state index in [1.54, 1.807) is 0 Å². The maximum Gasteiger partial charge on any atom is 0.416 e. The molecular weight excluding hydrogens is 440 g/mol. The van der Waals surface area contributed by atoms with Gasteiger partial charge in [-0.1, -0.05) is 18.2 Å². The number of piperidine rings is 1. The van der Waals surface area contributed by atoms with Crippen molar-refractivity contribution in [3.63, 3.8) is 0 Å². The van der Waals surface area contributed by atoms with E-state index >= 15 is 0 Å². The highest BCUT2D eigenvalue weighted by Gasteiger charge is 2.34. The summed E-state index contributed by atoms with van der Waals surface area (Å²) in [6.07, 6.45) is -8.58. The minimum absolute atomic E-state index is 0.0998. The third-order valence-corrected chi connectivity index (χ3v) is 5.27. The van der Waals surface area contributed by atoms with Crippen molar-refractivity contribution in [2.24, 2.45) is 5.92 Å². The molecule has 0 aromatic heterocycles. The third kappa shape index (κ3) is 5.60. The Labute approximate surface area is 179 Å². The van der Waals surface area contributed by atoms with Crippen molar-refractivity contribution in [1.29, 1.82) is 0 Å². The molecule has 0 spiro atoms. The molecule has 1 fully saturated rings. The molecule has 10 heteroatoms. The number of hydrogen-bond donors (Lipinski definition) is 0. The molecule has 0 aliphatic carbocycles. The number of benzene rings is 2.